The van der Waals surface area contributed by atoms with Crippen LogP contribution in [-0.2, 0) is 14.4 Å². The highest BCUT2D eigenvalue weighted by atomic mass is 16.7. The summed E-state index contributed by atoms with van der Waals surface area (Å²) in [6, 6.07) is 5.59. The Labute approximate surface area is 324 Å². The number of aliphatic hydroxyl groups is 2. The van der Waals surface area contributed by atoms with E-state index in [2.05, 4.69) is 37.1 Å². The van der Waals surface area contributed by atoms with E-state index in [1.54, 1.807) is 12.2 Å². The Bertz CT molecular complexity index is 1460. The molecule has 1 heterocycles. The molecule has 0 spiro atoms. The van der Waals surface area contributed by atoms with Gasteiger partial charge >= 0.3 is 0 Å². The summed E-state index contributed by atoms with van der Waals surface area (Å²) in [5.74, 6) is 0.908. The molecule has 6 unspecified atom stereocenters. The van der Waals surface area contributed by atoms with Crippen LogP contribution >= 0.6 is 0 Å². The summed E-state index contributed by atoms with van der Waals surface area (Å²) in [6.07, 6.45) is 18.4. The smallest absolute Gasteiger partial charge is 0.239 e. The Morgan fingerprint density at radius 3 is 2.43 bits per heavy atom. The zero-order valence-corrected chi connectivity index (χ0v) is 33.6. The number of amides is 1. The molecule has 1 amide bonds. The normalized spacial score (nSPS) is 27.0. The van der Waals surface area contributed by atoms with Crippen molar-refractivity contribution >= 4 is 11.6 Å². The summed E-state index contributed by atoms with van der Waals surface area (Å²) in [7, 11) is 0. The number of unbranched alkanes of at least 4 members (excludes halogenated alkanes) is 2. The predicted molar refractivity (Wildman–Crippen MR) is 215 cm³/mol. The number of oxime groups is 1. The van der Waals surface area contributed by atoms with Crippen LogP contribution in [-0.4, -0.2) is 77.1 Å². The molecule has 0 saturated heterocycles. The van der Waals surface area contributed by atoms with Crippen LogP contribution in [0.1, 0.15) is 129 Å². The van der Waals surface area contributed by atoms with Gasteiger partial charge in [0.1, 0.15) is 29.7 Å². The van der Waals surface area contributed by atoms with Crippen LogP contribution in [0.25, 0.3) is 0 Å². The number of hydrogen-bond acceptors (Lipinski definition) is 8. The lowest BCUT2D eigenvalue weighted by molar-refractivity contribution is -0.257. The quantitative estimate of drug-likeness (QED) is 0.0734. The number of carbonyl (C=O) groups is 1. The zero-order valence-electron chi connectivity index (χ0n) is 33.6. The molecule has 9 nitrogen and oxygen atoms in total. The highest BCUT2D eigenvalue weighted by Gasteiger charge is 2.65. The van der Waals surface area contributed by atoms with Gasteiger partial charge in [0.15, 0.2) is 0 Å². The Morgan fingerprint density at radius 1 is 1.04 bits per heavy atom. The number of hydrogen-bond donors (Lipinski definition) is 2. The molecule has 2 saturated carbocycles. The Hall–Kier alpha value is -3.14. The van der Waals surface area contributed by atoms with Crippen molar-refractivity contribution in [2.75, 3.05) is 33.0 Å². The fourth-order valence-electron chi connectivity index (χ4n) is 9.55. The minimum atomic E-state index is -1.23. The van der Waals surface area contributed by atoms with Gasteiger partial charge < -0.3 is 34.2 Å². The Kier molecular flexibility index (Phi) is 15.3. The van der Waals surface area contributed by atoms with E-state index in [9.17, 15) is 15.0 Å². The third kappa shape index (κ3) is 9.80. The van der Waals surface area contributed by atoms with Crippen LogP contribution in [0.5, 0.6) is 11.5 Å². The first-order valence-corrected chi connectivity index (χ1v) is 20.9. The summed E-state index contributed by atoms with van der Waals surface area (Å²) in [5.41, 5.74) is 2.41. The number of carbonyl (C=O) groups excluding carboxylic acids is 1. The maximum absolute atomic E-state index is 14.6. The lowest BCUT2D eigenvalue weighted by Gasteiger charge is -2.60. The van der Waals surface area contributed by atoms with Crippen molar-refractivity contribution in [1.82, 2.24) is 4.90 Å². The number of fused-ring (bicyclic) bond motifs is 2. The van der Waals surface area contributed by atoms with E-state index in [1.165, 1.54) is 25.7 Å². The van der Waals surface area contributed by atoms with E-state index in [0.29, 0.717) is 38.3 Å². The van der Waals surface area contributed by atoms with Crippen LogP contribution in [0, 0.1) is 23.7 Å². The third-order valence-corrected chi connectivity index (χ3v) is 11.8. The fraction of sp³-hybridized carbons (Fsp3) is 0.689. The fourth-order valence-corrected chi connectivity index (χ4v) is 9.55. The van der Waals surface area contributed by atoms with Gasteiger partial charge in [0.2, 0.25) is 11.7 Å². The van der Waals surface area contributed by atoms with Crippen molar-refractivity contribution in [1.29, 1.82) is 0 Å². The van der Waals surface area contributed by atoms with Crippen LogP contribution in [0.4, 0.5) is 0 Å². The molecular weight excluding hydrogens is 681 g/mol. The molecule has 1 aromatic rings. The molecule has 0 bridgehead atoms. The van der Waals surface area contributed by atoms with E-state index in [4.69, 9.17) is 24.2 Å². The van der Waals surface area contributed by atoms with Crippen molar-refractivity contribution in [3.05, 3.63) is 60.7 Å². The molecule has 2 fully saturated rings. The summed E-state index contributed by atoms with van der Waals surface area (Å²) >= 11 is 0. The van der Waals surface area contributed by atoms with Gasteiger partial charge in [-0.3, -0.25) is 4.79 Å². The largest absolute Gasteiger partial charge is 0.490 e. The van der Waals surface area contributed by atoms with Gasteiger partial charge in [0.05, 0.1) is 18.2 Å². The first-order chi connectivity index (χ1) is 26.1. The number of aliphatic hydroxyl groups excluding tert-OH is 2. The third-order valence-electron chi connectivity index (χ3n) is 11.8. The van der Waals surface area contributed by atoms with Crippen LogP contribution in [0.3, 0.4) is 0 Å². The van der Waals surface area contributed by atoms with E-state index in [-0.39, 0.29) is 49.4 Å². The first kappa shape index (κ1) is 42.0. The monoisotopic (exact) mass is 749 g/mol. The van der Waals surface area contributed by atoms with E-state index >= 15 is 0 Å². The average Bonchev–Trinajstić information content (AvgIpc) is 3.68. The minimum absolute atomic E-state index is 0.0802. The van der Waals surface area contributed by atoms with E-state index < -0.39 is 17.4 Å². The molecule has 3 aliphatic carbocycles. The summed E-state index contributed by atoms with van der Waals surface area (Å²) in [6.45, 7) is 17.5. The molecule has 4 aliphatic rings. The molecule has 1 aliphatic heterocycles. The van der Waals surface area contributed by atoms with Gasteiger partial charge in [-0.05, 0) is 101 Å². The van der Waals surface area contributed by atoms with Crippen LogP contribution in [0.2, 0.25) is 0 Å². The molecule has 6 atom stereocenters. The first-order valence-electron chi connectivity index (χ1n) is 20.9. The standard InChI is InChI=1S/C45H68N2O7/c1-7-24-47(41(50)23-20-32-16-10-11-17-32)40-31-38(46-54-44(4,5)6)36-29-33(18-12-14-25-48)35(19-13-15-26-49)42-37-30-34(51-27-8-2)21-22-39(37)53-45(40,43(36)42)52-28-9-3/h8-9,21-22,29-30,32-33,35,40,42-43,48-49H,2-3,7,10-20,23-28,31H2,1,4-6H3. The van der Waals surface area contributed by atoms with Crippen LogP contribution in [0.15, 0.2) is 60.3 Å². The summed E-state index contributed by atoms with van der Waals surface area (Å²) in [4.78, 5) is 22.9. The van der Waals surface area contributed by atoms with Gasteiger partial charge in [-0.1, -0.05) is 75.4 Å². The molecular formula is C45H68N2O7. The number of ether oxygens (including phenoxy) is 3. The number of allylic oxidation sites excluding steroid dienone is 1. The predicted octanol–water partition coefficient (Wildman–Crippen LogP) is 8.89. The lowest BCUT2D eigenvalue weighted by Crippen LogP contribution is -2.70. The maximum Gasteiger partial charge on any atom is 0.239 e. The molecule has 9 heteroatoms. The second-order valence-electron chi connectivity index (χ2n) is 16.9. The molecule has 0 aromatic heterocycles. The van der Waals surface area contributed by atoms with Crippen molar-refractivity contribution in [2.45, 2.75) is 141 Å². The van der Waals surface area contributed by atoms with Crippen molar-refractivity contribution in [3.63, 3.8) is 0 Å². The van der Waals surface area contributed by atoms with Gasteiger partial charge in [-0.25, -0.2) is 0 Å². The van der Waals surface area contributed by atoms with Gasteiger partial charge in [0, 0.05) is 44.1 Å². The zero-order chi connectivity index (χ0) is 38.7. The lowest BCUT2D eigenvalue weighted by atomic mass is 9.55. The van der Waals surface area contributed by atoms with Crippen LogP contribution < -0.4 is 9.47 Å². The molecule has 0 radical (unpaired) electrons. The number of nitrogens with zero attached hydrogens (tertiary/aromatic N) is 2. The molecule has 1 aromatic carbocycles. The highest BCUT2D eigenvalue weighted by Crippen LogP contribution is 2.62. The molecule has 5 rings (SSSR count). The minimum Gasteiger partial charge on any atom is -0.490 e. The summed E-state index contributed by atoms with van der Waals surface area (Å²) in [5, 5.41) is 24.7. The molecule has 300 valence electrons. The Morgan fingerprint density at radius 2 is 1.76 bits per heavy atom. The van der Waals surface area contributed by atoms with Crippen molar-refractivity contribution < 1.29 is 34.1 Å². The summed E-state index contributed by atoms with van der Waals surface area (Å²) < 4.78 is 20.6. The number of benzene rings is 1. The second kappa shape index (κ2) is 19.6. The van der Waals surface area contributed by atoms with Crippen molar-refractivity contribution in [2.24, 2.45) is 28.8 Å². The van der Waals surface area contributed by atoms with Gasteiger partial charge in [-0.15, -0.1) is 6.58 Å². The van der Waals surface area contributed by atoms with Gasteiger partial charge in [0.25, 0.3) is 0 Å². The molecule has 2 N–H and O–H groups in total. The van der Waals surface area contributed by atoms with Gasteiger partial charge in [-0.2, -0.15) is 0 Å². The number of rotatable bonds is 21. The highest BCUT2D eigenvalue weighted by molar-refractivity contribution is 6.03. The topological polar surface area (TPSA) is 110 Å². The SMILES string of the molecule is C=CCOc1ccc2c(c1)C1C(CCCCO)C(CCCCO)C=C3C(=NOC(C)(C)C)CC(N(CCC)C(=O)CCC4CCCC4)C(OCC=C)(O2)C31. The van der Waals surface area contributed by atoms with Crippen molar-refractivity contribution in [3.8, 4) is 11.5 Å². The van der Waals surface area contributed by atoms with E-state index in [1.807, 2.05) is 32.9 Å². The Balaban J connectivity index is 1.74. The second-order valence-corrected chi connectivity index (χ2v) is 16.9. The maximum atomic E-state index is 14.6. The van der Waals surface area contributed by atoms with E-state index in [0.717, 1.165) is 73.3 Å². The average molecular weight is 749 g/mol. The molecule has 54 heavy (non-hydrogen) atoms.